The highest BCUT2D eigenvalue weighted by atomic mass is 32.2. The van der Waals surface area contributed by atoms with Crippen molar-refractivity contribution >= 4 is 34.3 Å². The highest BCUT2D eigenvalue weighted by Crippen LogP contribution is 2.45. The number of piperidine rings is 1. The van der Waals surface area contributed by atoms with Crippen LogP contribution in [0.5, 0.6) is 0 Å². The van der Waals surface area contributed by atoms with Crippen LogP contribution in [0, 0.1) is 0 Å². The highest BCUT2D eigenvalue weighted by Gasteiger charge is 2.30. The molecule has 1 atom stereocenters. The van der Waals surface area contributed by atoms with Crippen molar-refractivity contribution in [2.45, 2.75) is 35.4 Å². The van der Waals surface area contributed by atoms with Crippen molar-refractivity contribution in [2.75, 3.05) is 30.4 Å². The van der Waals surface area contributed by atoms with E-state index in [1.54, 1.807) is 6.20 Å². The lowest BCUT2D eigenvalue weighted by atomic mass is 10.0. The summed E-state index contributed by atoms with van der Waals surface area (Å²) in [6, 6.07) is 12.5. The smallest absolute Gasteiger partial charge is 0.194 e. The van der Waals surface area contributed by atoms with Crippen LogP contribution in [0.2, 0.25) is 0 Å². The fourth-order valence-electron chi connectivity index (χ4n) is 4.86. The van der Waals surface area contributed by atoms with Gasteiger partial charge >= 0.3 is 0 Å². The molecule has 3 aromatic heterocycles. The van der Waals surface area contributed by atoms with Crippen LogP contribution in [0.25, 0.3) is 22.2 Å². The minimum Gasteiger partial charge on any atom is -0.388 e. The Balaban J connectivity index is 1.45. The molecule has 0 radical (unpaired) electrons. The monoisotopic (exact) mass is 455 g/mol. The Hall–Kier alpha value is -3.23. The third-order valence-electron chi connectivity index (χ3n) is 6.40. The van der Waals surface area contributed by atoms with E-state index in [9.17, 15) is 0 Å². The maximum Gasteiger partial charge on any atom is 0.194 e. The summed E-state index contributed by atoms with van der Waals surface area (Å²) in [4.78, 5) is 22.4. The Morgan fingerprint density at radius 1 is 1.12 bits per heavy atom. The predicted molar refractivity (Wildman–Crippen MR) is 133 cm³/mol. The standard InChI is InChI=1S/C25H25N7S/c1-27-19-7-2-6-17-18(19)12-22-23(17)24(32-10-4-5-15(26)14-32)31-25(30-22)33-16-11-21-20(29-13-16)8-3-9-28-21/h2-3,6-9,11,13,15,27H,4-5,10,12,14,26H2,1H3/t15-/m1/s1. The van der Waals surface area contributed by atoms with Gasteiger partial charge in [-0.3, -0.25) is 9.97 Å². The SMILES string of the molecule is CNc1cccc2c1Cc1nc(Sc3cnc4cccnc4c3)nc(N3CCC[C@@H](N)C3)c1-2. The van der Waals surface area contributed by atoms with Crippen molar-refractivity contribution < 1.29 is 0 Å². The van der Waals surface area contributed by atoms with Gasteiger partial charge in [-0.15, -0.1) is 0 Å². The minimum absolute atomic E-state index is 0.167. The third-order valence-corrected chi connectivity index (χ3v) is 7.22. The second-order valence-electron chi connectivity index (χ2n) is 8.57. The number of nitrogens with one attached hydrogen (secondary N) is 1. The molecule has 1 fully saturated rings. The molecule has 0 amide bonds. The molecular formula is C25H25N7S. The molecular weight excluding hydrogens is 430 g/mol. The third kappa shape index (κ3) is 3.69. The molecule has 7 nitrogen and oxygen atoms in total. The van der Waals surface area contributed by atoms with Crippen LogP contribution in [-0.4, -0.2) is 46.1 Å². The van der Waals surface area contributed by atoms with Crippen LogP contribution in [0.15, 0.2) is 58.8 Å². The molecule has 6 rings (SSSR count). The molecule has 1 aromatic carbocycles. The van der Waals surface area contributed by atoms with Crippen LogP contribution in [0.4, 0.5) is 11.5 Å². The average Bonchev–Trinajstić information content (AvgIpc) is 3.22. The minimum atomic E-state index is 0.167. The summed E-state index contributed by atoms with van der Waals surface area (Å²) >= 11 is 1.54. The fraction of sp³-hybridized carbons (Fsp3) is 0.280. The number of benzene rings is 1. The van der Waals surface area contributed by atoms with Gasteiger partial charge in [-0.05, 0) is 60.0 Å². The van der Waals surface area contributed by atoms with Crippen molar-refractivity contribution in [3.8, 4) is 11.1 Å². The number of hydrogen-bond acceptors (Lipinski definition) is 8. The zero-order chi connectivity index (χ0) is 22.4. The molecule has 0 saturated carbocycles. The average molecular weight is 456 g/mol. The number of nitrogens with two attached hydrogens (primary N) is 1. The van der Waals surface area contributed by atoms with Crippen molar-refractivity contribution in [2.24, 2.45) is 5.73 Å². The molecule has 0 bridgehead atoms. The summed E-state index contributed by atoms with van der Waals surface area (Å²) in [6.07, 6.45) is 6.59. The van der Waals surface area contributed by atoms with Crippen LogP contribution < -0.4 is 16.0 Å². The topological polar surface area (TPSA) is 92.8 Å². The lowest BCUT2D eigenvalue weighted by molar-refractivity contribution is 0.502. The van der Waals surface area contributed by atoms with E-state index in [0.29, 0.717) is 0 Å². The Bertz CT molecular complexity index is 1360. The first kappa shape index (κ1) is 20.4. The summed E-state index contributed by atoms with van der Waals surface area (Å²) in [7, 11) is 1.97. The second kappa shape index (κ2) is 8.28. The highest BCUT2D eigenvalue weighted by molar-refractivity contribution is 7.99. The van der Waals surface area contributed by atoms with Crippen molar-refractivity contribution in [1.82, 2.24) is 19.9 Å². The Morgan fingerprint density at radius 2 is 2.06 bits per heavy atom. The van der Waals surface area contributed by atoms with E-state index in [1.807, 2.05) is 31.4 Å². The lowest BCUT2D eigenvalue weighted by Gasteiger charge is -2.33. The zero-order valence-electron chi connectivity index (χ0n) is 18.5. The van der Waals surface area contributed by atoms with Crippen LogP contribution in [0.3, 0.4) is 0 Å². The molecule has 4 heterocycles. The summed E-state index contributed by atoms with van der Waals surface area (Å²) in [5, 5.41) is 4.07. The Morgan fingerprint density at radius 3 is 2.94 bits per heavy atom. The maximum absolute atomic E-state index is 6.35. The summed E-state index contributed by atoms with van der Waals surface area (Å²) in [5.74, 6) is 0.997. The van der Waals surface area contributed by atoms with Crippen molar-refractivity contribution in [1.29, 1.82) is 0 Å². The molecule has 0 spiro atoms. The normalized spacial score (nSPS) is 17.2. The van der Waals surface area contributed by atoms with Gasteiger partial charge < -0.3 is 16.0 Å². The lowest BCUT2D eigenvalue weighted by Crippen LogP contribution is -2.43. The Kier molecular flexibility index (Phi) is 5.11. The van der Waals surface area contributed by atoms with E-state index in [0.717, 1.165) is 76.2 Å². The van der Waals surface area contributed by atoms with E-state index in [-0.39, 0.29) is 6.04 Å². The first-order valence-electron chi connectivity index (χ1n) is 11.3. The van der Waals surface area contributed by atoms with Crippen molar-refractivity contribution in [3.05, 3.63) is 60.0 Å². The van der Waals surface area contributed by atoms with Gasteiger partial charge in [0.15, 0.2) is 5.16 Å². The van der Waals surface area contributed by atoms with Gasteiger partial charge in [0.2, 0.25) is 0 Å². The van der Waals surface area contributed by atoms with E-state index in [4.69, 9.17) is 15.7 Å². The largest absolute Gasteiger partial charge is 0.388 e. The Labute approximate surface area is 196 Å². The molecule has 1 aliphatic carbocycles. The first-order valence-corrected chi connectivity index (χ1v) is 12.1. The number of nitrogens with zero attached hydrogens (tertiary/aromatic N) is 5. The molecule has 1 saturated heterocycles. The first-order chi connectivity index (χ1) is 16.2. The molecule has 0 unspecified atom stereocenters. The van der Waals surface area contributed by atoms with Gasteiger partial charge in [0.25, 0.3) is 0 Å². The van der Waals surface area contributed by atoms with Gasteiger partial charge in [0.05, 0.1) is 16.7 Å². The zero-order valence-corrected chi connectivity index (χ0v) is 19.3. The summed E-state index contributed by atoms with van der Waals surface area (Å²) in [6.45, 7) is 1.78. The fourth-order valence-corrected chi connectivity index (χ4v) is 5.64. The molecule has 8 heteroatoms. The quantitative estimate of drug-likeness (QED) is 0.391. The molecule has 4 aromatic rings. The molecule has 166 valence electrons. The number of pyridine rings is 2. The van der Waals surface area contributed by atoms with Crippen LogP contribution >= 0.6 is 11.8 Å². The van der Waals surface area contributed by atoms with E-state index in [1.165, 1.54) is 22.9 Å². The second-order valence-corrected chi connectivity index (χ2v) is 9.61. The van der Waals surface area contributed by atoms with E-state index >= 15 is 0 Å². The van der Waals surface area contributed by atoms with Gasteiger partial charge in [-0.1, -0.05) is 12.1 Å². The predicted octanol–water partition coefficient (Wildman–Crippen LogP) is 4.11. The number of fused-ring (bicyclic) bond motifs is 4. The molecule has 2 aliphatic rings. The number of rotatable bonds is 4. The molecule has 33 heavy (non-hydrogen) atoms. The maximum atomic E-state index is 6.35. The van der Waals surface area contributed by atoms with Gasteiger partial charge in [0.1, 0.15) is 5.82 Å². The summed E-state index contributed by atoms with van der Waals surface area (Å²) in [5.41, 5.74) is 14.0. The van der Waals surface area contributed by atoms with Crippen molar-refractivity contribution in [3.63, 3.8) is 0 Å². The number of anilines is 2. The van der Waals surface area contributed by atoms with Gasteiger partial charge in [-0.25, -0.2) is 9.97 Å². The number of aromatic nitrogens is 4. The van der Waals surface area contributed by atoms with Crippen LogP contribution in [-0.2, 0) is 6.42 Å². The van der Waals surface area contributed by atoms with E-state index in [2.05, 4.69) is 38.4 Å². The van der Waals surface area contributed by atoms with Crippen LogP contribution in [0.1, 0.15) is 24.1 Å². The number of hydrogen-bond donors (Lipinski definition) is 2. The van der Waals surface area contributed by atoms with Gasteiger partial charge in [-0.2, -0.15) is 0 Å². The molecule has 3 N–H and O–H groups in total. The molecule has 1 aliphatic heterocycles. The van der Waals surface area contributed by atoms with Gasteiger partial charge in [0, 0.05) is 61.1 Å². The van der Waals surface area contributed by atoms with E-state index < -0.39 is 0 Å². The summed E-state index contributed by atoms with van der Waals surface area (Å²) < 4.78 is 0.